The third kappa shape index (κ3) is 4.47. The molecule has 1 amide bonds. The van der Waals surface area contributed by atoms with Crippen molar-refractivity contribution in [3.8, 4) is 17.2 Å². The van der Waals surface area contributed by atoms with Crippen LogP contribution >= 0.6 is 0 Å². The second-order valence-electron chi connectivity index (χ2n) is 6.83. The maximum absolute atomic E-state index is 12.3. The van der Waals surface area contributed by atoms with Gasteiger partial charge in [0.25, 0.3) is 0 Å². The fraction of sp³-hybridized carbons (Fsp3) is 0.348. The maximum Gasteiger partial charge on any atom is 0.244 e. The lowest BCUT2D eigenvalue weighted by atomic mass is 9.83. The molecule has 2 aromatic carbocycles. The van der Waals surface area contributed by atoms with Crippen molar-refractivity contribution in [3.63, 3.8) is 0 Å². The SMILES string of the molecule is COc1cc(/C=C/C(=O)NCC2CCCc3ccccc32)cc(OC)c1OC. The molecule has 0 saturated heterocycles. The van der Waals surface area contributed by atoms with Crippen LogP contribution in [0.15, 0.2) is 42.5 Å². The van der Waals surface area contributed by atoms with Crippen molar-refractivity contribution in [2.24, 2.45) is 0 Å². The van der Waals surface area contributed by atoms with Crippen LogP contribution in [-0.4, -0.2) is 33.8 Å². The first kappa shape index (κ1) is 19.8. The molecule has 3 rings (SSSR count). The average Bonchev–Trinajstić information content (AvgIpc) is 2.75. The van der Waals surface area contributed by atoms with E-state index >= 15 is 0 Å². The highest BCUT2D eigenvalue weighted by Crippen LogP contribution is 2.38. The van der Waals surface area contributed by atoms with Gasteiger partial charge in [-0.3, -0.25) is 4.79 Å². The van der Waals surface area contributed by atoms with Crippen molar-refractivity contribution in [2.45, 2.75) is 25.2 Å². The van der Waals surface area contributed by atoms with Gasteiger partial charge in [0, 0.05) is 18.5 Å². The van der Waals surface area contributed by atoms with E-state index in [2.05, 4.69) is 29.6 Å². The second-order valence-corrected chi connectivity index (χ2v) is 6.83. The van der Waals surface area contributed by atoms with Crippen LogP contribution in [0.4, 0.5) is 0 Å². The number of fused-ring (bicyclic) bond motifs is 1. The van der Waals surface area contributed by atoms with Gasteiger partial charge in [-0.25, -0.2) is 0 Å². The number of rotatable bonds is 7. The van der Waals surface area contributed by atoms with E-state index in [0.717, 1.165) is 18.4 Å². The van der Waals surface area contributed by atoms with Crippen LogP contribution in [-0.2, 0) is 11.2 Å². The summed E-state index contributed by atoms with van der Waals surface area (Å²) in [5, 5.41) is 3.03. The summed E-state index contributed by atoms with van der Waals surface area (Å²) in [6, 6.07) is 12.1. The summed E-state index contributed by atoms with van der Waals surface area (Å²) in [6.45, 7) is 0.648. The van der Waals surface area contributed by atoms with Crippen LogP contribution in [0.1, 0.15) is 35.4 Å². The number of nitrogens with one attached hydrogen (secondary N) is 1. The number of benzene rings is 2. The Hall–Kier alpha value is -2.95. The van der Waals surface area contributed by atoms with Crippen LogP contribution in [0.5, 0.6) is 17.2 Å². The minimum atomic E-state index is -0.114. The zero-order chi connectivity index (χ0) is 19.9. The van der Waals surface area contributed by atoms with Gasteiger partial charge in [-0.1, -0.05) is 24.3 Å². The summed E-state index contributed by atoms with van der Waals surface area (Å²) in [7, 11) is 4.70. The fourth-order valence-corrected chi connectivity index (χ4v) is 3.72. The van der Waals surface area contributed by atoms with Gasteiger partial charge in [-0.2, -0.15) is 0 Å². The Kier molecular flexibility index (Phi) is 6.58. The first-order valence-electron chi connectivity index (χ1n) is 9.50. The Morgan fingerprint density at radius 2 is 1.82 bits per heavy atom. The minimum absolute atomic E-state index is 0.114. The normalized spacial score (nSPS) is 15.8. The molecular weight excluding hydrogens is 354 g/mol. The van der Waals surface area contributed by atoms with Crippen LogP contribution < -0.4 is 19.5 Å². The van der Waals surface area contributed by atoms with Gasteiger partial charge in [0.2, 0.25) is 11.7 Å². The lowest BCUT2D eigenvalue weighted by molar-refractivity contribution is -0.116. The van der Waals surface area contributed by atoms with Crippen molar-refractivity contribution in [1.82, 2.24) is 5.32 Å². The molecular formula is C23H27NO4. The van der Waals surface area contributed by atoms with Crippen LogP contribution in [0.3, 0.4) is 0 Å². The lowest BCUT2D eigenvalue weighted by Gasteiger charge is -2.25. The Bertz CT molecular complexity index is 834. The topological polar surface area (TPSA) is 56.8 Å². The first-order valence-corrected chi connectivity index (χ1v) is 9.50. The van der Waals surface area contributed by atoms with Crippen molar-refractivity contribution in [3.05, 3.63) is 59.2 Å². The number of carbonyl (C=O) groups excluding carboxylic acids is 1. The van der Waals surface area contributed by atoms with Gasteiger partial charge in [0.05, 0.1) is 21.3 Å². The molecule has 0 bridgehead atoms. The Labute approximate surface area is 166 Å². The second kappa shape index (κ2) is 9.31. The summed E-state index contributed by atoms with van der Waals surface area (Å²) < 4.78 is 16.0. The minimum Gasteiger partial charge on any atom is -0.493 e. The van der Waals surface area contributed by atoms with Gasteiger partial charge in [0.15, 0.2) is 11.5 Å². The smallest absolute Gasteiger partial charge is 0.244 e. The maximum atomic E-state index is 12.3. The largest absolute Gasteiger partial charge is 0.493 e. The van der Waals surface area contributed by atoms with E-state index < -0.39 is 0 Å². The first-order chi connectivity index (χ1) is 13.7. The molecule has 0 spiro atoms. The molecule has 0 saturated carbocycles. The molecule has 1 N–H and O–H groups in total. The number of aryl methyl sites for hydroxylation is 1. The highest BCUT2D eigenvalue weighted by Gasteiger charge is 2.19. The third-order valence-electron chi connectivity index (χ3n) is 5.13. The summed E-state index contributed by atoms with van der Waals surface area (Å²) in [4.78, 5) is 12.3. The monoisotopic (exact) mass is 381 g/mol. The summed E-state index contributed by atoms with van der Waals surface area (Å²) in [6.07, 6.45) is 6.68. The number of hydrogen-bond donors (Lipinski definition) is 1. The van der Waals surface area contributed by atoms with E-state index in [4.69, 9.17) is 14.2 Å². The molecule has 0 fully saturated rings. The van der Waals surface area contributed by atoms with Crippen molar-refractivity contribution < 1.29 is 19.0 Å². The number of hydrogen-bond acceptors (Lipinski definition) is 4. The Morgan fingerprint density at radius 1 is 1.11 bits per heavy atom. The summed E-state index contributed by atoms with van der Waals surface area (Å²) in [5.74, 6) is 1.91. The Morgan fingerprint density at radius 3 is 2.50 bits per heavy atom. The molecule has 1 aliphatic carbocycles. The molecule has 148 valence electrons. The van der Waals surface area contributed by atoms with Crippen LogP contribution in [0, 0.1) is 0 Å². The van der Waals surface area contributed by atoms with Gasteiger partial charge >= 0.3 is 0 Å². The van der Waals surface area contributed by atoms with Crippen LogP contribution in [0.2, 0.25) is 0 Å². The van der Waals surface area contributed by atoms with Crippen molar-refractivity contribution >= 4 is 12.0 Å². The van der Waals surface area contributed by atoms with E-state index in [-0.39, 0.29) is 5.91 Å². The average molecular weight is 381 g/mol. The summed E-state index contributed by atoms with van der Waals surface area (Å²) in [5.41, 5.74) is 3.57. The molecule has 28 heavy (non-hydrogen) atoms. The highest BCUT2D eigenvalue weighted by atomic mass is 16.5. The quantitative estimate of drug-likeness (QED) is 0.738. The fourth-order valence-electron chi connectivity index (χ4n) is 3.72. The molecule has 0 aliphatic heterocycles. The molecule has 0 heterocycles. The van der Waals surface area contributed by atoms with E-state index in [0.29, 0.717) is 29.7 Å². The van der Waals surface area contributed by atoms with Gasteiger partial charge in [-0.05, 0) is 54.2 Å². The van der Waals surface area contributed by atoms with E-state index in [1.165, 1.54) is 23.6 Å². The van der Waals surface area contributed by atoms with E-state index in [9.17, 15) is 4.79 Å². The van der Waals surface area contributed by atoms with Crippen molar-refractivity contribution in [1.29, 1.82) is 0 Å². The zero-order valence-corrected chi connectivity index (χ0v) is 16.7. The molecule has 1 aliphatic rings. The molecule has 2 aromatic rings. The number of amides is 1. The van der Waals surface area contributed by atoms with E-state index in [1.807, 2.05) is 12.1 Å². The number of carbonyl (C=O) groups is 1. The molecule has 5 nitrogen and oxygen atoms in total. The Balaban J connectivity index is 1.65. The predicted octanol–water partition coefficient (Wildman–Crippen LogP) is 3.96. The van der Waals surface area contributed by atoms with Gasteiger partial charge in [-0.15, -0.1) is 0 Å². The number of ether oxygens (including phenoxy) is 3. The molecule has 1 unspecified atom stereocenters. The highest BCUT2D eigenvalue weighted by molar-refractivity contribution is 5.92. The summed E-state index contributed by atoms with van der Waals surface area (Å²) >= 11 is 0. The molecule has 1 atom stereocenters. The standard InChI is InChI=1S/C23H27NO4/c1-26-20-13-16(14-21(27-2)23(20)28-3)11-12-22(25)24-15-18-9-6-8-17-7-4-5-10-19(17)18/h4-5,7,10-14,18H,6,8-9,15H2,1-3H3,(H,24,25)/b12-11+. The molecule has 0 radical (unpaired) electrons. The van der Waals surface area contributed by atoms with Crippen molar-refractivity contribution in [2.75, 3.05) is 27.9 Å². The number of methoxy groups -OCH3 is 3. The van der Waals surface area contributed by atoms with E-state index in [1.54, 1.807) is 27.4 Å². The lowest BCUT2D eigenvalue weighted by Crippen LogP contribution is -2.28. The van der Waals surface area contributed by atoms with Gasteiger partial charge in [0.1, 0.15) is 0 Å². The van der Waals surface area contributed by atoms with Crippen LogP contribution in [0.25, 0.3) is 6.08 Å². The third-order valence-corrected chi connectivity index (χ3v) is 5.13. The predicted molar refractivity (Wildman–Crippen MR) is 110 cm³/mol. The molecule has 0 aromatic heterocycles. The van der Waals surface area contributed by atoms with Gasteiger partial charge < -0.3 is 19.5 Å². The zero-order valence-electron chi connectivity index (χ0n) is 16.7. The molecule has 5 heteroatoms.